The predicted molar refractivity (Wildman–Crippen MR) is 125 cm³/mol. The molecular weight excluding hydrogens is 410 g/mol. The lowest BCUT2D eigenvalue weighted by Gasteiger charge is -2.33. The van der Waals surface area contributed by atoms with Crippen LogP contribution >= 0.6 is 0 Å². The minimum absolute atomic E-state index is 0.126. The second kappa shape index (κ2) is 10.6. The van der Waals surface area contributed by atoms with Gasteiger partial charge in [0.15, 0.2) is 0 Å². The third kappa shape index (κ3) is 5.97. The van der Waals surface area contributed by atoms with Crippen LogP contribution in [0.2, 0.25) is 0 Å². The summed E-state index contributed by atoms with van der Waals surface area (Å²) in [6, 6.07) is 15.6. The summed E-state index contributed by atoms with van der Waals surface area (Å²) in [7, 11) is -3.98. The molecule has 2 rings (SSSR count). The molecule has 0 unspecified atom stereocenters. The minimum atomic E-state index is -3.98. The number of benzene rings is 2. The van der Waals surface area contributed by atoms with Gasteiger partial charge in [-0.15, -0.1) is 6.58 Å². The molecule has 0 fully saturated rings. The molecule has 1 amide bonds. The molecule has 0 aliphatic heterocycles. The van der Waals surface area contributed by atoms with Gasteiger partial charge in [0.05, 0.1) is 4.90 Å². The highest BCUT2D eigenvalue weighted by molar-refractivity contribution is 7.92. The highest BCUT2D eigenvalue weighted by Gasteiger charge is 2.40. The van der Waals surface area contributed by atoms with Crippen molar-refractivity contribution >= 4 is 15.9 Å². The van der Waals surface area contributed by atoms with E-state index in [4.69, 9.17) is 4.74 Å². The minimum Gasteiger partial charge on any atom is -0.429 e. The number of amides is 1. The highest BCUT2D eigenvalue weighted by atomic mass is 32.2. The average Bonchev–Trinajstić information content (AvgIpc) is 2.71. The fraction of sp³-hybridized carbons (Fsp3) is 0.400. The highest BCUT2D eigenvalue weighted by Crippen LogP contribution is 2.33. The number of rotatable bonds is 9. The lowest BCUT2D eigenvalue weighted by atomic mass is 9.96. The van der Waals surface area contributed by atoms with Gasteiger partial charge in [-0.1, -0.05) is 54.1 Å². The van der Waals surface area contributed by atoms with Gasteiger partial charge >= 0.3 is 6.09 Å². The monoisotopic (exact) mass is 443 g/mol. The van der Waals surface area contributed by atoms with Crippen LogP contribution < -0.4 is 0 Å². The third-order valence-corrected chi connectivity index (χ3v) is 7.14. The SMILES string of the molecule is C=CC[C@@H](c1ccccc1)[C@@H](OC(=O)N(C(C)C)C(C)C)S(=O)(=O)c1ccc(C)cc1. The number of allylic oxidation sites excluding steroid dienone is 1. The summed E-state index contributed by atoms with van der Waals surface area (Å²) in [5.74, 6) is -0.588. The molecule has 0 aliphatic rings. The second-order valence-electron chi connectivity index (χ2n) is 8.25. The maximum Gasteiger partial charge on any atom is 0.411 e. The van der Waals surface area contributed by atoms with Gasteiger partial charge in [0.1, 0.15) is 0 Å². The molecule has 2 atom stereocenters. The van der Waals surface area contributed by atoms with Gasteiger partial charge in [0, 0.05) is 18.0 Å². The zero-order chi connectivity index (χ0) is 23.2. The van der Waals surface area contributed by atoms with E-state index < -0.39 is 27.3 Å². The van der Waals surface area contributed by atoms with E-state index in [0.29, 0.717) is 6.42 Å². The summed E-state index contributed by atoms with van der Waals surface area (Å²) < 4.78 is 33.2. The molecule has 0 radical (unpaired) electrons. The average molecular weight is 444 g/mol. The van der Waals surface area contributed by atoms with Crippen molar-refractivity contribution in [2.45, 2.75) is 69.4 Å². The zero-order valence-corrected chi connectivity index (χ0v) is 19.8. The fourth-order valence-corrected chi connectivity index (χ4v) is 5.38. The first kappa shape index (κ1) is 24.7. The molecule has 168 valence electrons. The van der Waals surface area contributed by atoms with Gasteiger partial charge in [0.2, 0.25) is 15.3 Å². The molecule has 0 bridgehead atoms. The Balaban J connectivity index is 2.58. The Morgan fingerprint density at radius 3 is 2.03 bits per heavy atom. The van der Waals surface area contributed by atoms with E-state index in [0.717, 1.165) is 11.1 Å². The summed E-state index contributed by atoms with van der Waals surface area (Å²) in [4.78, 5) is 14.8. The van der Waals surface area contributed by atoms with Gasteiger partial charge in [0.25, 0.3) is 0 Å². The Hall–Kier alpha value is -2.60. The Labute approximate surface area is 186 Å². The Morgan fingerprint density at radius 1 is 1.00 bits per heavy atom. The molecule has 0 heterocycles. The second-order valence-corrected chi connectivity index (χ2v) is 10.3. The van der Waals surface area contributed by atoms with E-state index in [9.17, 15) is 13.2 Å². The van der Waals surface area contributed by atoms with Crippen LogP contribution in [0.5, 0.6) is 0 Å². The first-order valence-electron chi connectivity index (χ1n) is 10.5. The topological polar surface area (TPSA) is 63.7 Å². The number of hydrogen-bond donors (Lipinski definition) is 0. The summed E-state index contributed by atoms with van der Waals surface area (Å²) in [6.07, 6.45) is 1.36. The maximum absolute atomic E-state index is 13.7. The number of aryl methyl sites for hydroxylation is 1. The molecule has 0 saturated carbocycles. The predicted octanol–water partition coefficient (Wildman–Crippen LogP) is 5.71. The Morgan fingerprint density at radius 2 is 1.55 bits per heavy atom. The summed E-state index contributed by atoms with van der Waals surface area (Å²) in [6.45, 7) is 13.2. The quantitative estimate of drug-likeness (QED) is 0.466. The van der Waals surface area contributed by atoms with Gasteiger partial charge in [-0.25, -0.2) is 13.2 Å². The Bertz CT molecular complexity index is 958. The van der Waals surface area contributed by atoms with E-state index in [-0.39, 0.29) is 17.0 Å². The molecule has 5 nitrogen and oxygen atoms in total. The largest absolute Gasteiger partial charge is 0.429 e. The van der Waals surface area contributed by atoms with Crippen LogP contribution in [0.4, 0.5) is 4.79 Å². The molecule has 0 N–H and O–H groups in total. The van der Waals surface area contributed by atoms with Crippen molar-refractivity contribution in [2.75, 3.05) is 0 Å². The van der Waals surface area contributed by atoms with Crippen LogP contribution in [0.15, 0.2) is 72.1 Å². The van der Waals surface area contributed by atoms with Crippen LogP contribution in [0.25, 0.3) is 0 Å². The molecule has 2 aromatic carbocycles. The first-order chi connectivity index (χ1) is 14.6. The fourth-order valence-electron chi connectivity index (χ4n) is 3.69. The zero-order valence-electron chi connectivity index (χ0n) is 19.0. The van der Waals surface area contributed by atoms with Crippen LogP contribution in [-0.2, 0) is 14.6 Å². The number of carbonyl (C=O) groups is 1. The van der Waals surface area contributed by atoms with E-state index in [1.54, 1.807) is 35.2 Å². The van der Waals surface area contributed by atoms with Crippen molar-refractivity contribution in [1.29, 1.82) is 0 Å². The molecule has 0 aromatic heterocycles. The Kier molecular flexibility index (Phi) is 8.45. The molecule has 31 heavy (non-hydrogen) atoms. The van der Waals surface area contributed by atoms with E-state index in [2.05, 4.69) is 6.58 Å². The van der Waals surface area contributed by atoms with Crippen molar-refractivity contribution in [1.82, 2.24) is 4.90 Å². The summed E-state index contributed by atoms with van der Waals surface area (Å²) in [5, 5.41) is 0. The van der Waals surface area contributed by atoms with Crippen molar-refractivity contribution in [3.8, 4) is 0 Å². The van der Waals surface area contributed by atoms with Crippen LogP contribution in [0.1, 0.15) is 51.2 Å². The van der Waals surface area contributed by atoms with Crippen LogP contribution in [0, 0.1) is 6.92 Å². The summed E-state index contributed by atoms with van der Waals surface area (Å²) >= 11 is 0. The number of nitrogens with zero attached hydrogens (tertiary/aromatic N) is 1. The van der Waals surface area contributed by atoms with Crippen LogP contribution in [-0.4, -0.2) is 36.9 Å². The molecule has 2 aromatic rings. The van der Waals surface area contributed by atoms with Gasteiger partial charge in [-0.2, -0.15) is 0 Å². The normalized spacial score (nSPS) is 13.6. The number of ether oxygens (including phenoxy) is 1. The van der Waals surface area contributed by atoms with E-state index in [1.165, 1.54) is 0 Å². The summed E-state index contributed by atoms with van der Waals surface area (Å²) in [5.41, 5.74) is 0.337. The molecule has 6 heteroatoms. The van der Waals surface area contributed by atoms with Gasteiger partial charge in [-0.3, -0.25) is 0 Å². The lowest BCUT2D eigenvalue weighted by Crippen LogP contribution is -2.45. The molecule has 0 saturated heterocycles. The number of carbonyl (C=O) groups excluding carboxylic acids is 1. The smallest absolute Gasteiger partial charge is 0.411 e. The van der Waals surface area contributed by atoms with Crippen LogP contribution in [0.3, 0.4) is 0 Å². The van der Waals surface area contributed by atoms with Gasteiger partial charge < -0.3 is 9.64 Å². The van der Waals surface area contributed by atoms with Gasteiger partial charge in [-0.05, 0) is 58.7 Å². The van der Waals surface area contributed by atoms with Crippen molar-refractivity contribution in [2.24, 2.45) is 0 Å². The molecule has 0 spiro atoms. The molecule has 0 aliphatic carbocycles. The van der Waals surface area contributed by atoms with Crippen molar-refractivity contribution in [3.05, 3.63) is 78.4 Å². The maximum atomic E-state index is 13.7. The number of hydrogen-bond acceptors (Lipinski definition) is 4. The van der Waals surface area contributed by atoms with E-state index >= 15 is 0 Å². The van der Waals surface area contributed by atoms with Crippen molar-refractivity contribution < 1.29 is 17.9 Å². The molecular formula is C25H33NO4S. The van der Waals surface area contributed by atoms with E-state index in [1.807, 2.05) is 65.0 Å². The first-order valence-corrected chi connectivity index (χ1v) is 12.1. The standard InChI is InChI=1S/C25H33NO4S/c1-7-11-23(21-12-9-8-10-13-21)24(30-25(27)26(18(2)3)19(4)5)31(28,29)22-16-14-20(6)15-17-22/h7-10,12-19,23-24H,1,11H2,2-6H3/t23-,24-/m0/s1. The lowest BCUT2D eigenvalue weighted by molar-refractivity contribution is 0.0613. The van der Waals surface area contributed by atoms with Crippen molar-refractivity contribution in [3.63, 3.8) is 0 Å². The number of sulfone groups is 1. The third-order valence-electron chi connectivity index (χ3n) is 5.17.